The number of fused-ring (bicyclic) bond motifs is 1. The smallest absolute Gasteiger partial charge is 0.251 e. The highest BCUT2D eigenvalue weighted by molar-refractivity contribution is 6.30. The van der Waals surface area contributed by atoms with Gasteiger partial charge in [0.15, 0.2) is 0 Å². The molecule has 0 spiro atoms. The summed E-state index contributed by atoms with van der Waals surface area (Å²) in [6, 6.07) is 18.1. The number of benzene rings is 2. The van der Waals surface area contributed by atoms with Crippen molar-refractivity contribution >= 4 is 29.3 Å². The van der Waals surface area contributed by atoms with Crippen LogP contribution in [0.25, 0.3) is 6.08 Å². The van der Waals surface area contributed by atoms with E-state index in [1.54, 1.807) is 18.4 Å². The van der Waals surface area contributed by atoms with E-state index in [0.717, 1.165) is 28.3 Å². The minimum absolute atomic E-state index is 0.0543. The molecule has 1 atom stereocenters. The van der Waals surface area contributed by atoms with Crippen LogP contribution in [-0.4, -0.2) is 11.4 Å². The summed E-state index contributed by atoms with van der Waals surface area (Å²) in [4.78, 5) is 15.3. The fourth-order valence-electron chi connectivity index (χ4n) is 4.77. The fraction of sp³-hybridized carbons (Fsp3) is 0.269. The number of furan rings is 1. The minimum Gasteiger partial charge on any atom is -0.465 e. The third kappa shape index (κ3) is 3.59. The van der Waals surface area contributed by atoms with Gasteiger partial charge in [-0.3, -0.25) is 4.79 Å². The Morgan fingerprint density at radius 2 is 1.83 bits per heavy atom. The Labute approximate surface area is 183 Å². The van der Waals surface area contributed by atoms with E-state index < -0.39 is 0 Å². The molecular weight excluding hydrogens is 394 g/mol. The standard InChI is InChI=1S/C26H26ClNO2/c1-18-7-13-22-23(16-18)28(24(29)14-12-21-6-5-15-30-21)25(2,3)17-26(22,4)19-8-10-20(27)11-9-19/h5-16H,17H2,1-4H3. The minimum atomic E-state index is -0.389. The predicted octanol–water partition coefficient (Wildman–Crippen LogP) is 6.78. The zero-order valence-electron chi connectivity index (χ0n) is 17.8. The lowest BCUT2D eigenvalue weighted by Gasteiger charge is -2.51. The Balaban J connectivity index is 1.83. The van der Waals surface area contributed by atoms with Crippen LogP contribution in [0.5, 0.6) is 0 Å². The van der Waals surface area contributed by atoms with Crippen molar-refractivity contribution in [3.8, 4) is 0 Å². The predicted molar refractivity (Wildman–Crippen MR) is 123 cm³/mol. The number of carbonyl (C=O) groups is 1. The van der Waals surface area contributed by atoms with E-state index >= 15 is 0 Å². The summed E-state index contributed by atoms with van der Waals surface area (Å²) in [5.41, 5.74) is 3.80. The number of anilines is 1. The van der Waals surface area contributed by atoms with Crippen molar-refractivity contribution in [2.45, 2.75) is 45.1 Å². The molecule has 1 aromatic heterocycles. The van der Waals surface area contributed by atoms with Gasteiger partial charge in [0.1, 0.15) is 5.76 Å². The molecule has 0 fully saturated rings. The van der Waals surface area contributed by atoms with Crippen LogP contribution in [0, 0.1) is 6.92 Å². The highest BCUT2D eigenvalue weighted by atomic mass is 35.5. The number of carbonyl (C=O) groups excluding carboxylic acids is 1. The number of hydrogen-bond donors (Lipinski definition) is 0. The fourth-order valence-corrected chi connectivity index (χ4v) is 4.89. The molecule has 0 saturated carbocycles. The molecule has 0 aliphatic carbocycles. The largest absolute Gasteiger partial charge is 0.465 e. The van der Waals surface area contributed by atoms with Gasteiger partial charge in [0.05, 0.1) is 6.26 Å². The monoisotopic (exact) mass is 419 g/mol. The zero-order valence-corrected chi connectivity index (χ0v) is 18.5. The van der Waals surface area contributed by atoms with Crippen molar-refractivity contribution in [3.05, 3.63) is 94.4 Å². The van der Waals surface area contributed by atoms with Crippen molar-refractivity contribution in [2.24, 2.45) is 0 Å². The molecule has 0 bridgehead atoms. The maximum Gasteiger partial charge on any atom is 0.251 e. The Bertz CT molecular complexity index is 1100. The first-order chi connectivity index (χ1) is 14.2. The van der Waals surface area contributed by atoms with Crippen molar-refractivity contribution in [2.75, 3.05) is 4.90 Å². The maximum atomic E-state index is 13.4. The van der Waals surface area contributed by atoms with Crippen LogP contribution in [0.4, 0.5) is 5.69 Å². The SMILES string of the molecule is Cc1ccc2c(c1)N(C(=O)C=Cc1ccco1)C(C)(C)CC2(C)c1ccc(Cl)cc1. The van der Waals surface area contributed by atoms with E-state index in [1.165, 1.54) is 5.56 Å². The summed E-state index contributed by atoms with van der Waals surface area (Å²) in [6.07, 6.45) is 5.71. The van der Waals surface area contributed by atoms with Gasteiger partial charge in [-0.15, -0.1) is 0 Å². The van der Waals surface area contributed by atoms with Crippen LogP contribution < -0.4 is 4.90 Å². The lowest BCUT2D eigenvalue weighted by atomic mass is 9.65. The first kappa shape index (κ1) is 20.5. The van der Waals surface area contributed by atoms with Gasteiger partial charge in [-0.2, -0.15) is 0 Å². The molecule has 1 unspecified atom stereocenters. The molecule has 2 aromatic carbocycles. The van der Waals surface area contributed by atoms with Gasteiger partial charge in [0.2, 0.25) is 0 Å². The second-order valence-corrected chi connectivity index (χ2v) is 9.31. The lowest BCUT2D eigenvalue weighted by molar-refractivity contribution is -0.115. The third-order valence-electron chi connectivity index (χ3n) is 6.02. The van der Waals surface area contributed by atoms with Crippen LogP contribution in [0.1, 0.15) is 49.6 Å². The van der Waals surface area contributed by atoms with Crippen LogP contribution in [0.15, 0.2) is 71.4 Å². The lowest BCUT2D eigenvalue weighted by Crippen LogP contribution is -2.55. The molecule has 4 heteroatoms. The highest BCUT2D eigenvalue weighted by Crippen LogP contribution is 2.50. The van der Waals surface area contributed by atoms with Gasteiger partial charge in [-0.1, -0.05) is 42.8 Å². The van der Waals surface area contributed by atoms with E-state index in [-0.39, 0.29) is 16.9 Å². The molecule has 3 nitrogen and oxygen atoms in total. The maximum absolute atomic E-state index is 13.4. The molecule has 0 saturated heterocycles. The van der Waals surface area contributed by atoms with E-state index in [2.05, 4.69) is 58.0 Å². The van der Waals surface area contributed by atoms with Gasteiger partial charge in [0.25, 0.3) is 5.91 Å². The van der Waals surface area contributed by atoms with Gasteiger partial charge in [0, 0.05) is 27.7 Å². The second kappa shape index (κ2) is 7.48. The van der Waals surface area contributed by atoms with Crippen LogP contribution in [0.2, 0.25) is 5.02 Å². The molecule has 4 rings (SSSR count). The second-order valence-electron chi connectivity index (χ2n) is 8.87. The van der Waals surface area contributed by atoms with Crippen LogP contribution in [-0.2, 0) is 10.2 Å². The Hall–Kier alpha value is -2.78. The molecule has 2 heterocycles. The van der Waals surface area contributed by atoms with E-state index in [9.17, 15) is 4.79 Å². The van der Waals surface area contributed by atoms with Gasteiger partial charge in [-0.05, 0) is 80.3 Å². The molecule has 1 aliphatic heterocycles. The quantitative estimate of drug-likeness (QED) is 0.438. The van der Waals surface area contributed by atoms with Gasteiger partial charge < -0.3 is 9.32 Å². The third-order valence-corrected chi connectivity index (χ3v) is 6.27. The van der Waals surface area contributed by atoms with Crippen molar-refractivity contribution < 1.29 is 9.21 Å². The molecule has 0 radical (unpaired) electrons. The number of hydrogen-bond acceptors (Lipinski definition) is 2. The number of nitrogens with zero attached hydrogens (tertiary/aromatic N) is 1. The molecule has 1 amide bonds. The molecule has 3 aromatic rings. The molecule has 154 valence electrons. The Morgan fingerprint density at radius 1 is 1.10 bits per heavy atom. The summed E-state index contributed by atoms with van der Waals surface area (Å²) >= 11 is 6.15. The van der Waals surface area contributed by atoms with Crippen molar-refractivity contribution in [1.82, 2.24) is 0 Å². The van der Waals surface area contributed by atoms with E-state index in [4.69, 9.17) is 16.0 Å². The summed E-state index contributed by atoms with van der Waals surface area (Å²) < 4.78 is 5.34. The summed E-state index contributed by atoms with van der Waals surface area (Å²) in [5.74, 6) is 0.607. The Morgan fingerprint density at radius 3 is 2.50 bits per heavy atom. The van der Waals surface area contributed by atoms with E-state index in [1.807, 2.05) is 29.2 Å². The Kier molecular flexibility index (Phi) is 5.11. The highest BCUT2D eigenvalue weighted by Gasteiger charge is 2.47. The topological polar surface area (TPSA) is 33.5 Å². The molecule has 0 N–H and O–H groups in total. The van der Waals surface area contributed by atoms with E-state index in [0.29, 0.717) is 5.76 Å². The summed E-state index contributed by atoms with van der Waals surface area (Å²) in [5, 5.41) is 0.724. The van der Waals surface area contributed by atoms with Gasteiger partial charge in [-0.25, -0.2) is 0 Å². The first-order valence-corrected chi connectivity index (χ1v) is 10.5. The molecule has 30 heavy (non-hydrogen) atoms. The van der Waals surface area contributed by atoms with Crippen molar-refractivity contribution in [3.63, 3.8) is 0 Å². The summed E-state index contributed by atoms with van der Waals surface area (Å²) in [7, 11) is 0. The van der Waals surface area contributed by atoms with Crippen molar-refractivity contribution in [1.29, 1.82) is 0 Å². The zero-order chi connectivity index (χ0) is 21.5. The van der Waals surface area contributed by atoms with Crippen LogP contribution in [0.3, 0.4) is 0 Å². The normalized spacial score (nSPS) is 20.4. The number of halogens is 1. The average Bonchev–Trinajstić information content (AvgIpc) is 3.19. The number of rotatable bonds is 3. The summed E-state index contributed by atoms with van der Waals surface area (Å²) in [6.45, 7) is 8.58. The number of amides is 1. The first-order valence-electron chi connectivity index (χ1n) is 10.1. The molecular formula is C26H26ClNO2. The van der Waals surface area contributed by atoms with Gasteiger partial charge >= 0.3 is 0 Å². The van der Waals surface area contributed by atoms with Crippen LogP contribution >= 0.6 is 11.6 Å². The average molecular weight is 420 g/mol. The number of aryl methyl sites for hydroxylation is 1. The molecule has 1 aliphatic rings.